The van der Waals surface area contributed by atoms with Crippen molar-refractivity contribution in [3.8, 4) is 0 Å². The first-order valence-corrected chi connectivity index (χ1v) is 5.30. The van der Waals surface area contributed by atoms with Gasteiger partial charge in [-0.3, -0.25) is 4.79 Å². The summed E-state index contributed by atoms with van der Waals surface area (Å²) in [5.74, 6) is 0.656. The van der Waals surface area contributed by atoms with Crippen LogP contribution in [0.2, 0.25) is 0 Å². The van der Waals surface area contributed by atoms with Crippen LogP contribution in [-0.2, 0) is 9.53 Å². The summed E-state index contributed by atoms with van der Waals surface area (Å²) in [5, 5.41) is 0. The van der Waals surface area contributed by atoms with E-state index in [9.17, 15) is 4.79 Å². The Bertz CT molecular complexity index is 132. The van der Waals surface area contributed by atoms with Crippen LogP contribution in [0.4, 0.5) is 0 Å². The first kappa shape index (κ1) is 12.5. The summed E-state index contributed by atoms with van der Waals surface area (Å²) >= 11 is 0. The largest absolute Gasteiger partial charge is 0.466 e. The zero-order valence-electron chi connectivity index (χ0n) is 9.14. The quantitative estimate of drug-likeness (QED) is 0.451. The minimum absolute atomic E-state index is 0.165. The van der Waals surface area contributed by atoms with E-state index in [2.05, 4.69) is 13.8 Å². The van der Waals surface area contributed by atoms with Gasteiger partial charge in [-0.25, -0.2) is 0 Å². The molecule has 0 aromatic heterocycles. The Kier molecular flexibility index (Phi) is 7.76. The minimum atomic E-state index is -0.165. The molecule has 0 N–H and O–H groups in total. The second kappa shape index (κ2) is 8.09. The third-order valence-corrected chi connectivity index (χ3v) is 2.18. The second-order valence-electron chi connectivity index (χ2n) is 3.73. The Balaban J connectivity index is 3.11. The second-order valence-corrected chi connectivity index (χ2v) is 3.73. The lowest BCUT2D eigenvalue weighted by Crippen LogP contribution is -2.01. The third-order valence-electron chi connectivity index (χ3n) is 2.18. The van der Waals surface area contributed by atoms with Gasteiger partial charge in [0, 0.05) is 6.92 Å². The fourth-order valence-electron chi connectivity index (χ4n) is 1.45. The molecule has 0 spiro atoms. The highest BCUT2D eigenvalue weighted by Crippen LogP contribution is 2.13. The molecule has 78 valence electrons. The van der Waals surface area contributed by atoms with Crippen LogP contribution < -0.4 is 0 Å². The van der Waals surface area contributed by atoms with Crippen LogP contribution in [0, 0.1) is 5.92 Å². The number of esters is 1. The SMILES string of the molecule is CCCC(C)CCCCOC(C)=O. The molecule has 0 bridgehead atoms. The molecular weight excluding hydrogens is 164 g/mol. The summed E-state index contributed by atoms with van der Waals surface area (Å²) in [6, 6.07) is 0. The number of unbranched alkanes of at least 4 members (excludes halogenated alkanes) is 1. The highest BCUT2D eigenvalue weighted by Gasteiger charge is 2.00. The van der Waals surface area contributed by atoms with Gasteiger partial charge in [-0.2, -0.15) is 0 Å². The van der Waals surface area contributed by atoms with E-state index in [4.69, 9.17) is 4.74 Å². The van der Waals surface area contributed by atoms with E-state index in [1.165, 1.54) is 32.6 Å². The van der Waals surface area contributed by atoms with E-state index in [1.54, 1.807) is 0 Å². The maximum atomic E-state index is 10.4. The molecule has 0 aromatic rings. The lowest BCUT2D eigenvalue weighted by atomic mass is 9.99. The molecule has 0 rings (SSSR count). The van der Waals surface area contributed by atoms with E-state index in [1.807, 2.05) is 0 Å². The van der Waals surface area contributed by atoms with Gasteiger partial charge in [0.2, 0.25) is 0 Å². The first-order valence-electron chi connectivity index (χ1n) is 5.30. The Morgan fingerprint density at radius 1 is 1.31 bits per heavy atom. The predicted octanol–water partition coefficient (Wildman–Crippen LogP) is 3.16. The van der Waals surface area contributed by atoms with Crippen molar-refractivity contribution in [3.05, 3.63) is 0 Å². The molecule has 1 unspecified atom stereocenters. The van der Waals surface area contributed by atoms with Crippen molar-refractivity contribution in [1.29, 1.82) is 0 Å². The predicted molar refractivity (Wildman–Crippen MR) is 54.6 cm³/mol. The van der Waals surface area contributed by atoms with Crippen molar-refractivity contribution in [1.82, 2.24) is 0 Å². The molecule has 0 radical (unpaired) electrons. The fourth-order valence-corrected chi connectivity index (χ4v) is 1.45. The molecule has 0 saturated heterocycles. The minimum Gasteiger partial charge on any atom is -0.466 e. The topological polar surface area (TPSA) is 26.3 Å². The lowest BCUT2D eigenvalue weighted by Gasteiger charge is -2.08. The van der Waals surface area contributed by atoms with Crippen LogP contribution in [0.3, 0.4) is 0 Å². The van der Waals surface area contributed by atoms with Crippen molar-refractivity contribution in [2.75, 3.05) is 6.61 Å². The smallest absolute Gasteiger partial charge is 0.302 e. The molecule has 0 aliphatic heterocycles. The molecule has 0 aliphatic carbocycles. The lowest BCUT2D eigenvalue weighted by molar-refractivity contribution is -0.141. The van der Waals surface area contributed by atoms with Gasteiger partial charge in [0.1, 0.15) is 0 Å². The Labute approximate surface area is 81.7 Å². The van der Waals surface area contributed by atoms with E-state index in [-0.39, 0.29) is 5.97 Å². The Hall–Kier alpha value is -0.530. The normalized spacial score (nSPS) is 12.5. The highest BCUT2D eigenvalue weighted by atomic mass is 16.5. The molecule has 1 atom stereocenters. The molecule has 0 saturated carbocycles. The Morgan fingerprint density at radius 2 is 2.00 bits per heavy atom. The average Bonchev–Trinajstić information content (AvgIpc) is 2.03. The molecule has 13 heavy (non-hydrogen) atoms. The monoisotopic (exact) mass is 186 g/mol. The molecule has 0 fully saturated rings. The zero-order valence-corrected chi connectivity index (χ0v) is 9.14. The van der Waals surface area contributed by atoms with Gasteiger partial charge in [-0.1, -0.05) is 33.1 Å². The Morgan fingerprint density at radius 3 is 2.54 bits per heavy atom. The van der Waals surface area contributed by atoms with Crippen LogP contribution in [0.15, 0.2) is 0 Å². The molecule has 2 heteroatoms. The van der Waals surface area contributed by atoms with E-state index < -0.39 is 0 Å². The van der Waals surface area contributed by atoms with E-state index in [0.29, 0.717) is 6.61 Å². The van der Waals surface area contributed by atoms with Gasteiger partial charge in [0.05, 0.1) is 6.61 Å². The van der Waals surface area contributed by atoms with Crippen LogP contribution in [0.5, 0.6) is 0 Å². The molecule has 2 nitrogen and oxygen atoms in total. The van der Waals surface area contributed by atoms with Crippen molar-refractivity contribution in [3.63, 3.8) is 0 Å². The van der Waals surface area contributed by atoms with Crippen molar-refractivity contribution in [2.24, 2.45) is 5.92 Å². The third kappa shape index (κ3) is 9.38. The summed E-state index contributed by atoms with van der Waals surface area (Å²) in [6.07, 6.45) is 6.02. The highest BCUT2D eigenvalue weighted by molar-refractivity contribution is 5.65. The van der Waals surface area contributed by atoms with E-state index in [0.717, 1.165) is 12.3 Å². The van der Waals surface area contributed by atoms with Gasteiger partial charge < -0.3 is 4.74 Å². The van der Waals surface area contributed by atoms with Crippen LogP contribution >= 0.6 is 0 Å². The van der Waals surface area contributed by atoms with Gasteiger partial charge in [-0.05, 0) is 18.8 Å². The van der Waals surface area contributed by atoms with Crippen molar-refractivity contribution in [2.45, 2.75) is 52.9 Å². The summed E-state index contributed by atoms with van der Waals surface area (Å²) in [4.78, 5) is 10.4. The van der Waals surface area contributed by atoms with Gasteiger partial charge in [0.15, 0.2) is 0 Å². The summed E-state index contributed by atoms with van der Waals surface area (Å²) in [7, 11) is 0. The number of rotatable bonds is 7. The summed E-state index contributed by atoms with van der Waals surface area (Å²) in [5.41, 5.74) is 0. The number of ether oxygens (including phenoxy) is 1. The van der Waals surface area contributed by atoms with Gasteiger partial charge in [0.25, 0.3) is 0 Å². The fraction of sp³-hybridized carbons (Fsp3) is 0.909. The van der Waals surface area contributed by atoms with Crippen molar-refractivity contribution < 1.29 is 9.53 Å². The number of carbonyl (C=O) groups is 1. The summed E-state index contributed by atoms with van der Waals surface area (Å²) in [6.45, 7) is 6.55. The van der Waals surface area contributed by atoms with Crippen LogP contribution in [0.25, 0.3) is 0 Å². The number of carbonyl (C=O) groups excluding carboxylic acids is 1. The van der Waals surface area contributed by atoms with Gasteiger partial charge in [-0.15, -0.1) is 0 Å². The first-order chi connectivity index (χ1) is 6.16. The average molecular weight is 186 g/mol. The molecule has 0 aromatic carbocycles. The molecule has 0 heterocycles. The summed E-state index contributed by atoms with van der Waals surface area (Å²) < 4.78 is 4.84. The van der Waals surface area contributed by atoms with Crippen LogP contribution in [-0.4, -0.2) is 12.6 Å². The molecular formula is C11H22O2. The standard InChI is InChI=1S/C11H22O2/c1-4-7-10(2)8-5-6-9-13-11(3)12/h10H,4-9H2,1-3H3. The van der Waals surface area contributed by atoms with Crippen LogP contribution in [0.1, 0.15) is 52.9 Å². The zero-order chi connectivity index (χ0) is 10.1. The molecule has 0 amide bonds. The van der Waals surface area contributed by atoms with Crippen molar-refractivity contribution >= 4 is 5.97 Å². The van der Waals surface area contributed by atoms with Gasteiger partial charge >= 0.3 is 5.97 Å². The number of hydrogen-bond acceptors (Lipinski definition) is 2. The number of hydrogen-bond donors (Lipinski definition) is 0. The maximum Gasteiger partial charge on any atom is 0.302 e. The van der Waals surface area contributed by atoms with E-state index >= 15 is 0 Å². The maximum absolute atomic E-state index is 10.4. The molecule has 0 aliphatic rings.